The summed E-state index contributed by atoms with van der Waals surface area (Å²) in [6.07, 6.45) is 0. The Balaban J connectivity index is 1.40. The molecule has 1 aromatic heterocycles. The standard InChI is InChI=1S/C24H19N3O3S/c1-15-6-4-8-17(12-15)22(28)27-24(31)26-19-10-5-9-18(14-19)25-23(29)21-13-16-7-2-3-11-20(16)30-21/h2-14H,1H3,(H,25,29)(H2,26,27,28,31). The van der Waals surface area contributed by atoms with Crippen LogP contribution in [0, 0.1) is 6.92 Å². The molecule has 0 radical (unpaired) electrons. The van der Waals surface area contributed by atoms with Gasteiger partial charge in [0.05, 0.1) is 0 Å². The SMILES string of the molecule is Cc1cccc(C(=O)NC(=S)Nc2cccc(NC(=O)c3cc4ccccc4o3)c2)c1. The third kappa shape index (κ3) is 4.96. The zero-order valence-corrected chi connectivity index (χ0v) is 17.5. The topological polar surface area (TPSA) is 83.4 Å². The predicted octanol–water partition coefficient (Wildman–Crippen LogP) is 5.12. The van der Waals surface area contributed by atoms with Crippen LogP contribution in [0.1, 0.15) is 26.5 Å². The van der Waals surface area contributed by atoms with E-state index < -0.39 is 0 Å². The first-order valence-corrected chi connectivity index (χ1v) is 9.98. The Kier molecular flexibility index (Phi) is 5.77. The molecule has 4 rings (SSSR count). The highest BCUT2D eigenvalue weighted by atomic mass is 32.1. The summed E-state index contributed by atoms with van der Waals surface area (Å²) in [6.45, 7) is 1.92. The molecule has 0 aliphatic rings. The predicted molar refractivity (Wildman–Crippen MR) is 125 cm³/mol. The van der Waals surface area contributed by atoms with E-state index in [1.807, 2.05) is 43.3 Å². The third-order valence-electron chi connectivity index (χ3n) is 4.53. The van der Waals surface area contributed by atoms with Gasteiger partial charge in [-0.3, -0.25) is 14.9 Å². The van der Waals surface area contributed by atoms with Crippen LogP contribution < -0.4 is 16.0 Å². The van der Waals surface area contributed by atoms with Gasteiger partial charge in [-0.15, -0.1) is 0 Å². The second kappa shape index (κ2) is 8.81. The summed E-state index contributed by atoms with van der Waals surface area (Å²) >= 11 is 5.24. The lowest BCUT2D eigenvalue weighted by atomic mass is 10.1. The first-order valence-electron chi connectivity index (χ1n) is 9.57. The van der Waals surface area contributed by atoms with E-state index in [0.29, 0.717) is 22.5 Å². The van der Waals surface area contributed by atoms with Gasteiger partial charge in [0.2, 0.25) is 0 Å². The number of fused-ring (bicyclic) bond motifs is 1. The van der Waals surface area contributed by atoms with Crippen LogP contribution >= 0.6 is 12.2 Å². The second-order valence-corrected chi connectivity index (χ2v) is 7.37. The number of nitrogens with one attached hydrogen (secondary N) is 3. The number of anilines is 2. The second-order valence-electron chi connectivity index (χ2n) is 6.96. The van der Waals surface area contributed by atoms with E-state index in [1.54, 1.807) is 42.5 Å². The molecule has 1 heterocycles. The first-order chi connectivity index (χ1) is 15.0. The molecule has 0 bridgehead atoms. The van der Waals surface area contributed by atoms with Gasteiger partial charge in [0.25, 0.3) is 11.8 Å². The quantitative estimate of drug-likeness (QED) is 0.392. The minimum Gasteiger partial charge on any atom is -0.451 e. The van der Waals surface area contributed by atoms with Crippen LogP contribution in [-0.4, -0.2) is 16.9 Å². The van der Waals surface area contributed by atoms with Crippen LogP contribution in [0.4, 0.5) is 11.4 Å². The van der Waals surface area contributed by atoms with Crippen LogP contribution in [0.5, 0.6) is 0 Å². The molecule has 31 heavy (non-hydrogen) atoms. The van der Waals surface area contributed by atoms with Crippen LogP contribution in [0.25, 0.3) is 11.0 Å². The number of furan rings is 1. The maximum Gasteiger partial charge on any atom is 0.291 e. The largest absolute Gasteiger partial charge is 0.451 e. The number of para-hydroxylation sites is 1. The van der Waals surface area contributed by atoms with E-state index in [2.05, 4.69) is 16.0 Å². The summed E-state index contributed by atoms with van der Waals surface area (Å²) in [5, 5.41) is 9.43. The summed E-state index contributed by atoms with van der Waals surface area (Å²) in [7, 11) is 0. The Bertz CT molecular complexity index is 1260. The van der Waals surface area contributed by atoms with E-state index in [9.17, 15) is 9.59 Å². The van der Waals surface area contributed by atoms with E-state index in [1.165, 1.54) is 0 Å². The van der Waals surface area contributed by atoms with Crippen molar-refractivity contribution >= 4 is 51.5 Å². The minimum atomic E-state index is -0.358. The van der Waals surface area contributed by atoms with Crippen molar-refractivity contribution in [3.05, 3.63) is 95.7 Å². The molecule has 0 aliphatic carbocycles. The fraction of sp³-hybridized carbons (Fsp3) is 0.0417. The van der Waals surface area contributed by atoms with Crippen molar-refractivity contribution in [2.24, 2.45) is 0 Å². The summed E-state index contributed by atoms with van der Waals surface area (Å²) in [5.41, 5.74) is 3.34. The number of hydrogen-bond donors (Lipinski definition) is 3. The van der Waals surface area contributed by atoms with Gasteiger partial charge in [-0.25, -0.2) is 0 Å². The molecule has 2 amide bonds. The van der Waals surface area contributed by atoms with E-state index in [-0.39, 0.29) is 22.7 Å². The Hall–Kier alpha value is -3.97. The molecule has 0 aliphatic heterocycles. The van der Waals surface area contributed by atoms with Gasteiger partial charge in [0.1, 0.15) is 5.58 Å². The van der Waals surface area contributed by atoms with Crippen LogP contribution in [-0.2, 0) is 0 Å². The van der Waals surface area contributed by atoms with Gasteiger partial charge in [-0.1, -0.05) is 42.0 Å². The molecular formula is C24H19N3O3S. The lowest BCUT2D eigenvalue weighted by Crippen LogP contribution is -2.34. The summed E-state index contributed by atoms with van der Waals surface area (Å²) < 4.78 is 5.60. The summed E-state index contributed by atoms with van der Waals surface area (Å²) in [4.78, 5) is 24.9. The molecule has 3 N–H and O–H groups in total. The number of rotatable bonds is 4. The lowest BCUT2D eigenvalue weighted by Gasteiger charge is -2.11. The number of thiocarbonyl (C=S) groups is 1. The summed E-state index contributed by atoms with van der Waals surface area (Å²) in [6, 6.07) is 23.4. The van der Waals surface area contributed by atoms with E-state index >= 15 is 0 Å². The average molecular weight is 430 g/mol. The Labute approximate surface area is 184 Å². The Morgan fingerprint density at radius 1 is 0.806 bits per heavy atom. The smallest absolute Gasteiger partial charge is 0.291 e. The molecule has 6 nitrogen and oxygen atoms in total. The van der Waals surface area contributed by atoms with Crippen molar-refractivity contribution in [1.29, 1.82) is 0 Å². The Morgan fingerprint density at radius 3 is 2.32 bits per heavy atom. The first kappa shape index (κ1) is 20.3. The molecule has 0 spiro atoms. The molecule has 3 aromatic carbocycles. The number of carbonyl (C=O) groups excluding carboxylic acids is 2. The molecule has 4 aromatic rings. The van der Waals surface area contributed by atoms with Crippen molar-refractivity contribution in [3.8, 4) is 0 Å². The molecule has 0 fully saturated rings. The molecule has 0 saturated carbocycles. The molecule has 0 unspecified atom stereocenters. The molecular weight excluding hydrogens is 410 g/mol. The molecule has 154 valence electrons. The fourth-order valence-electron chi connectivity index (χ4n) is 3.09. The molecule has 7 heteroatoms. The zero-order chi connectivity index (χ0) is 21.8. The number of amides is 2. The van der Waals surface area contributed by atoms with Crippen molar-refractivity contribution in [2.75, 3.05) is 10.6 Å². The molecule has 0 saturated heterocycles. The number of carbonyl (C=O) groups is 2. The maximum absolute atomic E-state index is 12.5. The van der Waals surface area contributed by atoms with Crippen molar-refractivity contribution in [3.63, 3.8) is 0 Å². The summed E-state index contributed by atoms with van der Waals surface area (Å²) in [5.74, 6) is -0.431. The lowest BCUT2D eigenvalue weighted by molar-refractivity contribution is 0.0975. The monoisotopic (exact) mass is 429 g/mol. The van der Waals surface area contributed by atoms with Crippen molar-refractivity contribution in [1.82, 2.24) is 5.32 Å². The van der Waals surface area contributed by atoms with Gasteiger partial charge < -0.3 is 15.1 Å². The van der Waals surface area contributed by atoms with E-state index in [0.717, 1.165) is 10.9 Å². The van der Waals surface area contributed by atoms with E-state index in [4.69, 9.17) is 16.6 Å². The van der Waals surface area contributed by atoms with Crippen LogP contribution in [0.15, 0.2) is 83.3 Å². The fourth-order valence-corrected chi connectivity index (χ4v) is 3.30. The number of hydrogen-bond acceptors (Lipinski definition) is 4. The van der Waals surface area contributed by atoms with Gasteiger partial charge >= 0.3 is 0 Å². The Morgan fingerprint density at radius 2 is 1.55 bits per heavy atom. The van der Waals surface area contributed by atoms with Crippen LogP contribution in [0.3, 0.4) is 0 Å². The van der Waals surface area contributed by atoms with Crippen LogP contribution in [0.2, 0.25) is 0 Å². The average Bonchev–Trinajstić information content (AvgIpc) is 3.18. The van der Waals surface area contributed by atoms with Gasteiger partial charge in [0, 0.05) is 22.3 Å². The van der Waals surface area contributed by atoms with Crippen molar-refractivity contribution in [2.45, 2.75) is 6.92 Å². The van der Waals surface area contributed by atoms with Gasteiger partial charge in [-0.2, -0.15) is 0 Å². The number of aryl methyl sites for hydroxylation is 1. The van der Waals surface area contributed by atoms with Gasteiger partial charge in [-0.05, 0) is 61.6 Å². The normalized spacial score (nSPS) is 10.5. The third-order valence-corrected chi connectivity index (χ3v) is 4.74. The van der Waals surface area contributed by atoms with Crippen molar-refractivity contribution < 1.29 is 14.0 Å². The maximum atomic E-state index is 12.5. The molecule has 0 atom stereocenters. The highest BCUT2D eigenvalue weighted by Crippen LogP contribution is 2.21. The highest BCUT2D eigenvalue weighted by Gasteiger charge is 2.13. The minimum absolute atomic E-state index is 0.160. The van der Waals surface area contributed by atoms with Gasteiger partial charge in [0.15, 0.2) is 10.9 Å². The zero-order valence-electron chi connectivity index (χ0n) is 16.6. The highest BCUT2D eigenvalue weighted by molar-refractivity contribution is 7.80. The number of benzene rings is 3.